The van der Waals surface area contributed by atoms with Gasteiger partial charge in [-0.3, -0.25) is 9.59 Å². The molecule has 1 unspecified atom stereocenters. The second-order valence-corrected chi connectivity index (χ2v) is 6.36. The van der Waals surface area contributed by atoms with Crippen molar-refractivity contribution in [1.29, 1.82) is 0 Å². The van der Waals surface area contributed by atoms with Crippen molar-refractivity contribution < 1.29 is 9.59 Å². The Kier molecular flexibility index (Phi) is 3.46. The lowest BCUT2D eigenvalue weighted by Crippen LogP contribution is -2.17. The van der Waals surface area contributed by atoms with Gasteiger partial charge in [-0.25, -0.2) is 0 Å². The highest BCUT2D eigenvalue weighted by Crippen LogP contribution is 2.32. The summed E-state index contributed by atoms with van der Waals surface area (Å²) in [6.45, 7) is 0. The largest absolute Gasteiger partial charge is 0.298 e. The fraction of sp³-hybridized carbons (Fsp3) is 0.200. The molecule has 0 bridgehead atoms. The maximum absolute atomic E-state index is 11.7. The Morgan fingerprint density at radius 3 is 2.68 bits per heavy atom. The van der Waals surface area contributed by atoms with Crippen LogP contribution >= 0.6 is 27.7 Å². The lowest BCUT2D eigenvalue weighted by molar-refractivity contribution is -0.125. The van der Waals surface area contributed by atoms with E-state index in [9.17, 15) is 9.59 Å². The van der Waals surface area contributed by atoms with Gasteiger partial charge in [0.15, 0.2) is 10.9 Å². The van der Waals surface area contributed by atoms with E-state index < -0.39 is 5.92 Å². The zero-order valence-corrected chi connectivity index (χ0v) is 12.5. The van der Waals surface area contributed by atoms with Gasteiger partial charge < -0.3 is 0 Å². The predicted molar refractivity (Wildman–Crippen MR) is 81.3 cm³/mol. The summed E-state index contributed by atoms with van der Waals surface area (Å²) < 4.78 is 0.989. The van der Waals surface area contributed by atoms with Crippen molar-refractivity contribution in [3.8, 4) is 0 Å². The van der Waals surface area contributed by atoms with Gasteiger partial charge in [0.1, 0.15) is 0 Å². The second kappa shape index (κ2) is 5.10. The highest BCUT2D eigenvalue weighted by molar-refractivity contribution is 9.10. The molecule has 0 amide bonds. The van der Waals surface area contributed by atoms with E-state index in [0.717, 1.165) is 32.6 Å². The number of carbonyl (C=O) groups is 2. The predicted octanol–water partition coefficient (Wildman–Crippen LogP) is 3.60. The van der Waals surface area contributed by atoms with Crippen LogP contribution in [0.1, 0.15) is 5.56 Å². The van der Waals surface area contributed by atoms with E-state index >= 15 is 0 Å². The fourth-order valence-electron chi connectivity index (χ4n) is 2.33. The molecule has 96 valence electrons. The molecule has 1 atom stereocenters. The molecule has 2 aromatic carbocycles. The van der Waals surface area contributed by atoms with Gasteiger partial charge in [-0.2, -0.15) is 0 Å². The van der Waals surface area contributed by atoms with E-state index in [-0.39, 0.29) is 10.9 Å². The highest BCUT2D eigenvalue weighted by Gasteiger charge is 2.34. The first-order valence-electron chi connectivity index (χ1n) is 6.02. The maximum atomic E-state index is 11.7. The highest BCUT2D eigenvalue weighted by atomic mass is 79.9. The summed E-state index contributed by atoms with van der Waals surface area (Å²) in [5.41, 5.74) is 1.02. The first-order valence-corrected chi connectivity index (χ1v) is 7.80. The molecule has 1 saturated heterocycles. The third-order valence-electron chi connectivity index (χ3n) is 3.40. The van der Waals surface area contributed by atoms with Crippen molar-refractivity contribution >= 4 is 49.4 Å². The number of ketones is 1. The molecule has 0 aliphatic carbocycles. The smallest absolute Gasteiger partial charge is 0.200 e. The van der Waals surface area contributed by atoms with Crippen molar-refractivity contribution in [3.05, 3.63) is 46.4 Å². The van der Waals surface area contributed by atoms with Gasteiger partial charge in [0, 0.05) is 4.47 Å². The number of carbonyl (C=O) groups excluding carboxylic acids is 2. The number of Topliss-reactive ketones (excluding diaryl/α,β-unsaturated/α-hetero) is 1. The monoisotopic (exact) mass is 334 g/mol. The summed E-state index contributed by atoms with van der Waals surface area (Å²) in [6.07, 6.45) is 0.496. The number of halogens is 1. The number of rotatable bonds is 2. The molecule has 0 spiro atoms. The van der Waals surface area contributed by atoms with Crippen molar-refractivity contribution in [1.82, 2.24) is 0 Å². The minimum absolute atomic E-state index is 0.00468. The van der Waals surface area contributed by atoms with E-state index in [2.05, 4.69) is 15.9 Å². The van der Waals surface area contributed by atoms with E-state index in [0.29, 0.717) is 12.2 Å². The van der Waals surface area contributed by atoms with E-state index in [1.54, 1.807) is 0 Å². The molecule has 3 rings (SSSR count). The summed E-state index contributed by atoms with van der Waals surface area (Å²) in [6, 6.07) is 12.1. The molecule has 0 aromatic heterocycles. The maximum Gasteiger partial charge on any atom is 0.200 e. The average Bonchev–Trinajstić information content (AvgIpc) is 2.74. The van der Waals surface area contributed by atoms with Gasteiger partial charge >= 0.3 is 0 Å². The summed E-state index contributed by atoms with van der Waals surface area (Å²) in [4.78, 5) is 23.4. The van der Waals surface area contributed by atoms with Crippen LogP contribution in [0, 0.1) is 5.92 Å². The quantitative estimate of drug-likeness (QED) is 0.787. The summed E-state index contributed by atoms with van der Waals surface area (Å²) in [7, 11) is 0. The van der Waals surface area contributed by atoms with Crippen LogP contribution < -0.4 is 0 Å². The van der Waals surface area contributed by atoms with E-state index in [4.69, 9.17) is 0 Å². The van der Waals surface area contributed by atoms with Gasteiger partial charge in [0.05, 0.1) is 11.7 Å². The molecule has 0 radical (unpaired) electrons. The summed E-state index contributed by atoms with van der Waals surface area (Å²) in [5.74, 6) is -0.0909. The summed E-state index contributed by atoms with van der Waals surface area (Å²) in [5, 5.41) is 2.27. The van der Waals surface area contributed by atoms with Gasteiger partial charge in [-0.1, -0.05) is 48.2 Å². The normalized spacial score (nSPS) is 19.3. The topological polar surface area (TPSA) is 34.1 Å². The Labute approximate surface area is 123 Å². The molecule has 19 heavy (non-hydrogen) atoms. The minimum Gasteiger partial charge on any atom is -0.298 e. The van der Waals surface area contributed by atoms with Crippen LogP contribution in [-0.2, 0) is 16.0 Å². The van der Waals surface area contributed by atoms with E-state index in [1.807, 2.05) is 36.4 Å². The number of thioether (sulfide) groups is 1. The number of hydrogen-bond acceptors (Lipinski definition) is 3. The standard InChI is InChI=1S/C15H11BrO2S/c16-14-10(7-12-13(17)8-19-15(12)18)6-5-9-3-1-2-4-11(9)14/h1-6,12H,7-8H2. The third kappa shape index (κ3) is 2.35. The van der Waals surface area contributed by atoms with Crippen LogP contribution in [0.5, 0.6) is 0 Å². The van der Waals surface area contributed by atoms with Gasteiger partial charge in [0.2, 0.25) is 0 Å². The Balaban J connectivity index is 1.99. The van der Waals surface area contributed by atoms with Crippen LogP contribution in [0.4, 0.5) is 0 Å². The van der Waals surface area contributed by atoms with Crippen LogP contribution in [0.25, 0.3) is 10.8 Å². The fourth-order valence-corrected chi connectivity index (χ4v) is 3.89. The Morgan fingerprint density at radius 1 is 1.16 bits per heavy atom. The molecular formula is C15H11BrO2S. The Morgan fingerprint density at radius 2 is 1.95 bits per heavy atom. The first-order chi connectivity index (χ1) is 9.16. The van der Waals surface area contributed by atoms with Gasteiger partial charge in [-0.05, 0) is 38.7 Å². The molecule has 0 saturated carbocycles. The molecule has 2 nitrogen and oxygen atoms in total. The van der Waals surface area contributed by atoms with Crippen molar-refractivity contribution in [2.75, 3.05) is 5.75 Å². The lowest BCUT2D eigenvalue weighted by atomic mass is 9.95. The van der Waals surface area contributed by atoms with Crippen molar-refractivity contribution in [2.24, 2.45) is 5.92 Å². The van der Waals surface area contributed by atoms with Crippen LogP contribution in [0.2, 0.25) is 0 Å². The SMILES string of the molecule is O=C1CSC(=O)C1Cc1ccc2ccccc2c1Br. The molecule has 0 N–H and O–H groups in total. The molecular weight excluding hydrogens is 324 g/mol. The van der Waals surface area contributed by atoms with Crippen LogP contribution in [-0.4, -0.2) is 16.7 Å². The lowest BCUT2D eigenvalue weighted by Gasteiger charge is -2.10. The molecule has 1 fully saturated rings. The van der Waals surface area contributed by atoms with Gasteiger partial charge in [0.25, 0.3) is 0 Å². The summed E-state index contributed by atoms with van der Waals surface area (Å²) >= 11 is 4.74. The molecule has 1 heterocycles. The second-order valence-electron chi connectivity index (χ2n) is 4.59. The zero-order valence-electron chi connectivity index (χ0n) is 10.1. The number of fused-ring (bicyclic) bond motifs is 1. The number of hydrogen-bond donors (Lipinski definition) is 0. The molecule has 4 heteroatoms. The zero-order chi connectivity index (χ0) is 13.4. The van der Waals surface area contributed by atoms with Gasteiger partial charge in [-0.15, -0.1) is 0 Å². The molecule has 2 aromatic rings. The third-order valence-corrected chi connectivity index (χ3v) is 5.33. The Hall–Kier alpha value is -1.13. The van der Waals surface area contributed by atoms with E-state index in [1.165, 1.54) is 0 Å². The molecule has 1 aliphatic rings. The minimum atomic E-state index is -0.470. The Bertz CT molecular complexity index is 665. The van der Waals surface area contributed by atoms with Crippen LogP contribution in [0.15, 0.2) is 40.9 Å². The first kappa shape index (κ1) is 12.9. The van der Waals surface area contributed by atoms with Crippen molar-refractivity contribution in [3.63, 3.8) is 0 Å². The van der Waals surface area contributed by atoms with Crippen LogP contribution in [0.3, 0.4) is 0 Å². The molecule has 1 aliphatic heterocycles. The van der Waals surface area contributed by atoms with Crippen molar-refractivity contribution in [2.45, 2.75) is 6.42 Å². The average molecular weight is 335 g/mol. The number of benzene rings is 2.